The minimum Gasteiger partial charge on any atom is -0.465 e. The zero-order valence-corrected chi connectivity index (χ0v) is 14.7. The van der Waals surface area contributed by atoms with E-state index in [2.05, 4.69) is 5.32 Å². The van der Waals surface area contributed by atoms with Crippen LogP contribution in [0.5, 0.6) is 0 Å². The van der Waals surface area contributed by atoms with Gasteiger partial charge in [-0.25, -0.2) is 9.59 Å². The van der Waals surface area contributed by atoms with Crippen molar-refractivity contribution in [3.8, 4) is 0 Å². The van der Waals surface area contributed by atoms with Crippen molar-refractivity contribution in [2.24, 2.45) is 0 Å². The van der Waals surface area contributed by atoms with E-state index in [0.29, 0.717) is 0 Å². The topological polar surface area (TPSA) is 102 Å². The second kappa shape index (κ2) is 10.6. The lowest BCUT2D eigenvalue weighted by atomic mass is 10.1. The van der Waals surface area contributed by atoms with Crippen molar-refractivity contribution < 1.29 is 29.0 Å². The normalized spacial score (nSPS) is 11.3. The first-order chi connectivity index (χ1) is 13.0. The first kappa shape index (κ1) is 20.0. The van der Waals surface area contributed by atoms with Crippen LogP contribution < -0.4 is 5.32 Å². The molecular formula is C20H21NO6. The predicted molar refractivity (Wildman–Crippen MR) is 96.7 cm³/mol. The van der Waals surface area contributed by atoms with Crippen LogP contribution in [-0.2, 0) is 32.3 Å². The van der Waals surface area contributed by atoms with Crippen LogP contribution in [0.2, 0.25) is 0 Å². The van der Waals surface area contributed by atoms with Crippen LogP contribution in [0.25, 0.3) is 0 Å². The molecule has 0 aliphatic rings. The van der Waals surface area contributed by atoms with Gasteiger partial charge in [-0.05, 0) is 17.5 Å². The first-order valence-corrected chi connectivity index (χ1v) is 8.44. The number of ether oxygens (including phenoxy) is 2. The number of hydrogen-bond donors (Lipinski definition) is 2. The van der Waals surface area contributed by atoms with E-state index in [0.717, 1.165) is 11.1 Å². The minimum absolute atomic E-state index is 0.0237. The summed E-state index contributed by atoms with van der Waals surface area (Å²) in [4.78, 5) is 34.9. The molecule has 0 fully saturated rings. The monoisotopic (exact) mass is 371 g/mol. The van der Waals surface area contributed by atoms with Crippen LogP contribution in [0, 0.1) is 0 Å². The molecule has 0 saturated heterocycles. The SMILES string of the molecule is O=C(O)N[C@@H](CCC(=O)OCc1ccccc1)C(=O)OCc1ccccc1. The third kappa shape index (κ3) is 7.60. The lowest BCUT2D eigenvalue weighted by Crippen LogP contribution is -2.41. The van der Waals surface area contributed by atoms with Gasteiger partial charge in [0.15, 0.2) is 0 Å². The van der Waals surface area contributed by atoms with Gasteiger partial charge >= 0.3 is 18.0 Å². The van der Waals surface area contributed by atoms with Crippen LogP contribution in [-0.4, -0.2) is 29.2 Å². The fourth-order valence-electron chi connectivity index (χ4n) is 2.30. The summed E-state index contributed by atoms with van der Waals surface area (Å²) in [6, 6.07) is 17.0. The lowest BCUT2D eigenvalue weighted by molar-refractivity contribution is -0.148. The third-order valence-electron chi connectivity index (χ3n) is 3.69. The molecule has 1 atom stereocenters. The fourth-order valence-corrected chi connectivity index (χ4v) is 2.30. The van der Waals surface area contributed by atoms with Gasteiger partial charge in [-0.2, -0.15) is 0 Å². The Labute approximate surface area is 156 Å². The second-order valence-electron chi connectivity index (χ2n) is 5.78. The zero-order chi connectivity index (χ0) is 19.5. The Morgan fingerprint density at radius 1 is 0.852 bits per heavy atom. The van der Waals surface area contributed by atoms with E-state index in [-0.39, 0.29) is 26.1 Å². The fraction of sp³-hybridized carbons (Fsp3) is 0.250. The Bertz CT molecular complexity index is 748. The Morgan fingerprint density at radius 3 is 1.89 bits per heavy atom. The molecule has 0 aliphatic carbocycles. The highest BCUT2D eigenvalue weighted by atomic mass is 16.5. The van der Waals surface area contributed by atoms with E-state index in [1.165, 1.54) is 0 Å². The van der Waals surface area contributed by atoms with Gasteiger partial charge in [-0.1, -0.05) is 60.7 Å². The van der Waals surface area contributed by atoms with Crippen LogP contribution >= 0.6 is 0 Å². The summed E-state index contributed by atoms with van der Waals surface area (Å²) < 4.78 is 10.3. The van der Waals surface area contributed by atoms with Crippen LogP contribution in [0.1, 0.15) is 24.0 Å². The van der Waals surface area contributed by atoms with Crippen molar-refractivity contribution in [3.05, 3.63) is 71.8 Å². The summed E-state index contributed by atoms with van der Waals surface area (Å²) in [7, 11) is 0. The van der Waals surface area contributed by atoms with Crippen molar-refractivity contribution in [2.75, 3.05) is 0 Å². The van der Waals surface area contributed by atoms with E-state index in [1.807, 2.05) is 36.4 Å². The quantitative estimate of drug-likeness (QED) is 0.657. The molecule has 0 radical (unpaired) electrons. The highest BCUT2D eigenvalue weighted by Gasteiger charge is 2.23. The molecule has 0 saturated carbocycles. The highest BCUT2D eigenvalue weighted by molar-refractivity contribution is 5.81. The maximum absolute atomic E-state index is 12.1. The van der Waals surface area contributed by atoms with E-state index in [9.17, 15) is 14.4 Å². The van der Waals surface area contributed by atoms with Crippen LogP contribution in [0.15, 0.2) is 60.7 Å². The number of carbonyl (C=O) groups is 3. The van der Waals surface area contributed by atoms with Crippen molar-refractivity contribution in [1.29, 1.82) is 0 Å². The summed E-state index contributed by atoms with van der Waals surface area (Å²) in [5.74, 6) is -1.26. The summed E-state index contributed by atoms with van der Waals surface area (Å²) in [5, 5.41) is 11.0. The molecule has 0 aliphatic heterocycles. The molecule has 0 unspecified atom stereocenters. The second-order valence-corrected chi connectivity index (χ2v) is 5.78. The van der Waals surface area contributed by atoms with Crippen molar-refractivity contribution in [3.63, 3.8) is 0 Å². The van der Waals surface area contributed by atoms with E-state index >= 15 is 0 Å². The number of benzene rings is 2. The predicted octanol–water partition coefficient (Wildman–Crippen LogP) is 2.89. The standard InChI is InChI=1S/C20H21NO6/c22-18(26-13-15-7-3-1-4-8-15)12-11-17(21-20(24)25)19(23)27-14-16-9-5-2-6-10-16/h1-10,17,21H,11-14H2,(H,24,25)/t17-/m0/s1. The van der Waals surface area contributed by atoms with Gasteiger partial charge in [0, 0.05) is 6.42 Å². The largest absolute Gasteiger partial charge is 0.465 e. The Balaban J connectivity index is 1.81. The molecule has 7 nitrogen and oxygen atoms in total. The molecule has 2 aromatic carbocycles. The smallest absolute Gasteiger partial charge is 0.405 e. The van der Waals surface area contributed by atoms with E-state index in [4.69, 9.17) is 14.6 Å². The van der Waals surface area contributed by atoms with E-state index in [1.54, 1.807) is 24.3 Å². The molecule has 7 heteroatoms. The van der Waals surface area contributed by atoms with Gasteiger partial charge in [0.1, 0.15) is 19.3 Å². The van der Waals surface area contributed by atoms with Gasteiger partial charge in [-0.15, -0.1) is 0 Å². The van der Waals surface area contributed by atoms with Crippen molar-refractivity contribution in [1.82, 2.24) is 5.32 Å². The Kier molecular flexibility index (Phi) is 7.84. The molecule has 2 N–H and O–H groups in total. The molecule has 142 valence electrons. The maximum Gasteiger partial charge on any atom is 0.405 e. The zero-order valence-electron chi connectivity index (χ0n) is 14.7. The summed E-state index contributed by atoms with van der Waals surface area (Å²) in [6.45, 7) is 0.144. The number of carboxylic acid groups (broad SMARTS) is 1. The first-order valence-electron chi connectivity index (χ1n) is 8.44. The molecular weight excluding hydrogens is 350 g/mol. The summed E-state index contributed by atoms with van der Waals surface area (Å²) >= 11 is 0. The van der Waals surface area contributed by atoms with Gasteiger partial charge in [0.25, 0.3) is 0 Å². The molecule has 27 heavy (non-hydrogen) atoms. The molecule has 1 amide bonds. The maximum atomic E-state index is 12.1. The number of hydrogen-bond acceptors (Lipinski definition) is 5. The molecule has 0 spiro atoms. The van der Waals surface area contributed by atoms with Crippen LogP contribution in [0.4, 0.5) is 4.79 Å². The summed E-state index contributed by atoms with van der Waals surface area (Å²) in [6.07, 6.45) is -1.53. The molecule has 0 bridgehead atoms. The Morgan fingerprint density at radius 2 is 1.37 bits per heavy atom. The number of esters is 2. The van der Waals surface area contributed by atoms with E-state index < -0.39 is 24.1 Å². The average Bonchev–Trinajstić information content (AvgIpc) is 2.69. The third-order valence-corrected chi connectivity index (χ3v) is 3.69. The van der Waals surface area contributed by atoms with Gasteiger partial charge in [0.2, 0.25) is 0 Å². The number of carbonyl (C=O) groups excluding carboxylic acids is 2. The average molecular weight is 371 g/mol. The van der Waals surface area contributed by atoms with Gasteiger partial charge < -0.3 is 19.9 Å². The molecule has 0 heterocycles. The highest BCUT2D eigenvalue weighted by Crippen LogP contribution is 2.08. The van der Waals surface area contributed by atoms with Gasteiger partial charge in [-0.3, -0.25) is 4.79 Å². The van der Waals surface area contributed by atoms with Gasteiger partial charge in [0.05, 0.1) is 0 Å². The minimum atomic E-state index is -1.37. The molecule has 0 aromatic heterocycles. The molecule has 2 aromatic rings. The molecule has 2 rings (SSSR count). The van der Waals surface area contributed by atoms with Crippen molar-refractivity contribution in [2.45, 2.75) is 32.1 Å². The number of rotatable bonds is 9. The van der Waals surface area contributed by atoms with Crippen molar-refractivity contribution >= 4 is 18.0 Å². The summed E-state index contributed by atoms with van der Waals surface area (Å²) in [5.41, 5.74) is 1.62. The number of nitrogens with one attached hydrogen (secondary N) is 1. The number of amides is 1. The van der Waals surface area contributed by atoms with Crippen LogP contribution in [0.3, 0.4) is 0 Å². The lowest BCUT2D eigenvalue weighted by Gasteiger charge is -2.15. The Hall–Kier alpha value is -3.35.